The molecule has 4 rings (SSSR count). The summed E-state index contributed by atoms with van der Waals surface area (Å²) in [5, 5.41) is 9.19. The maximum Gasteiger partial charge on any atom is 0.233 e. The van der Waals surface area contributed by atoms with Crippen molar-refractivity contribution in [2.24, 2.45) is 5.92 Å². The fourth-order valence-electron chi connectivity index (χ4n) is 4.65. The van der Waals surface area contributed by atoms with Crippen molar-refractivity contribution in [1.29, 1.82) is 0 Å². The number of carbonyl (C=O) groups is 2. The zero-order valence-electron chi connectivity index (χ0n) is 18.9. The average molecular weight is 460 g/mol. The van der Waals surface area contributed by atoms with E-state index in [0.29, 0.717) is 61.6 Å². The summed E-state index contributed by atoms with van der Waals surface area (Å²) in [4.78, 5) is 29.1. The van der Waals surface area contributed by atoms with Gasteiger partial charge in [-0.3, -0.25) is 14.2 Å². The number of carbonyl (C=O) groups excluding carboxylic acids is 2. The Bertz CT molecular complexity index is 884. The van der Waals surface area contributed by atoms with E-state index < -0.39 is 0 Å². The summed E-state index contributed by atoms with van der Waals surface area (Å²) in [7, 11) is 0. The Hall–Kier alpha value is -2.29. The second-order valence-corrected chi connectivity index (χ2v) is 9.56. The summed E-state index contributed by atoms with van der Waals surface area (Å²) in [5.74, 6) is 2.71. The first kappa shape index (κ1) is 22.9. The van der Waals surface area contributed by atoms with Gasteiger partial charge in [0.25, 0.3) is 0 Å². The van der Waals surface area contributed by atoms with Crippen molar-refractivity contribution >= 4 is 23.6 Å². The standard InChI is InChI=1S/C23H33N5O3S/c1-2-28-22(19-9-6-16-31-19)24-25-23(28)32-17-21(30)27-14-12-26(13-15-27)20(29)11-10-18-7-4-3-5-8-18/h6,9,16,18H,2-5,7-8,10-15,17H2,1H3. The molecule has 0 N–H and O–H groups in total. The van der Waals surface area contributed by atoms with Crippen LogP contribution in [0, 0.1) is 5.92 Å². The zero-order chi connectivity index (χ0) is 22.3. The predicted molar refractivity (Wildman–Crippen MR) is 123 cm³/mol. The molecule has 2 aliphatic rings. The van der Waals surface area contributed by atoms with Gasteiger partial charge in [0.05, 0.1) is 12.0 Å². The largest absolute Gasteiger partial charge is 0.461 e. The van der Waals surface area contributed by atoms with Gasteiger partial charge in [0.15, 0.2) is 16.7 Å². The van der Waals surface area contributed by atoms with Gasteiger partial charge in [-0.2, -0.15) is 0 Å². The summed E-state index contributed by atoms with van der Waals surface area (Å²) >= 11 is 1.40. The highest BCUT2D eigenvalue weighted by atomic mass is 32.2. The molecule has 2 amide bonds. The van der Waals surface area contributed by atoms with Crippen LogP contribution in [0.15, 0.2) is 28.0 Å². The van der Waals surface area contributed by atoms with Crippen molar-refractivity contribution in [1.82, 2.24) is 24.6 Å². The Kier molecular flexibility index (Phi) is 7.89. The molecule has 3 heterocycles. The number of hydrogen-bond donors (Lipinski definition) is 0. The molecule has 8 nitrogen and oxygen atoms in total. The van der Waals surface area contributed by atoms with Crippen molar-refractivity contribution in [2.45, 2.75) is 63.6 Å². The van der Waals surface area contributed by atoms with E-state index in [0.717, 1.165) is 12.3 Å². The summed E-state index contributed by atoms with van der Waals surface area (Å²) in [6, 6.07) is 3.67. The number of rotatable bonds is 8. The molecule has 0 atom stereocenters. The minimum atomic E-state index is 0.0782. The predicted octanol–water partition coefficient (Wildman–Crippen LogP) is 3.68. The van der Waals surface area contributed by atoms with Gasteiger partial charge in [0.1, 0.15) is 0 Å². The third-order valence-corrected chi connectivity index (χ3v) is 7.53. The number of amides is 2. The summed E-state index contributed by atoms with van der Waals surface area (Å²) in [6.45, 7) is 5.19. The van der Waals surface area contributed by atoms with Crippen LogP contribution in [0.4, 0.5) is 0 Å². The molecule has 2 fully saturated rings. The van der Waals surface area contributed by atoms with E-state index >= 15 is 0 Å². The van der Waals surface area contributed by atoms with Gasteiger partial charge in [-0.1, -0.05) is 43.9 Å². The summed E-state index contributed by atoms with van der Waals surface area (Å²) in [6.07, 6.45) is 9.82. The van der Waals surface area contributed by atoms with Crippen LogP contribution in [0.5, 0.6) is 0 Å². The SMILES string of the molecule is CCn1c(SCC(=O)N2CCN(C(=O)CCC3CCCCC3)CC2)nnc1-c1ccco1. The van der Waals surface area contributed by atoms with Crippen molar-refractivity contribution in [3.05, 3.63) is 18.4 Å². The second-order valence-electron chi connectivity index (χ2n) is 8.62. The van der Waals surface area contributed by atoms with E-state index in [2.05, 4.69) is 10.2 Å². The maximum atomic E-state index is 12.7. The molecule has 1 aliphatic heterocycles. The topological polar surface area (TPSA) is 84.5 Å². The lowest BCUT2D eigenvalue weighted by Crippen LogP contribution is -2.51. The van der Waals surface area contributed by atoms with Gasteiger partial charge >= 0.3 is 0 Å². The van der Waals surface area contributed by atoms with Gasteiger partial charge in [-0.15, -0.1) is 10.2 Å². The Morgan fingerprint density at radius 1 is 1.06 bits per heavy atom. The number of piperazine rings is 1. The molecule has 0 bridgehead atoms. The first-order valence-electron chi connectivity index (χ1n) is 11.8. The van der Waals surface area contributed by atoms with E-state index in [1.165, 1.54) is 43.9 Å². The van der Waals surface area contributed by atoms with Crippen molar-refractivity contribution < 1.29 is 14.0 Å². The van der Waals surface area contributed by atoms with E-state index in [1.807, 2.05) is 33.4 Å². The normalized spacial score (nSPS) is 17.7. The third-order valence-electron chi connectivity index (χ3n) is 6.58. The van der Waals surface area contributed by atoms with Gasteiger partial charge in [0, 0.05) is 39.1 Å². The number of furan rings is 1. The van der Waals surface area contributed by atoms with Gasteiger partial charge < -0.3 is 14.2 Å². The van der Waals surface area contributed by atoms with Crippen molar-refractivity contribution in [3.8, 4) is 11.6 Å². The molecular formula is C23H33N5O3S. The Morgan fingerprint density at radius 2 is 1.78 bits per heavy atom. The minimum Gasteiger partial charge on any atom is -0.461 e. The van der Waals surface area contributed by atoms with Gasteiger partial charge in [-0.25, -0.2) is 0 Å². The summed E-state index contributed by atoms with van der Waals surface area (Å²) in [5.41, 5.74) is 0. The van der Waals surface area contributed by atoms with Gasteiger partial charge in [0.2, 0.25) is 11.8 Å². The van der Waals surface area contributed by atoms with E-state index in [9.17, 15) is 9.59 Å². The maximum absolute atomic E-state index is 12.7. The molecule has 2 aromatic heterocycles. The highest BCUT2D eigenvalue weighted by Gasteiger charge is 2.25. The molecule has 9 heteroatoms. The fourth-order valence-corrected chi connectivity index (χ4v) is 5.56. The van der Waals surface area contributed by atoms with Crippen LogP contribution < -0.4 is 0 Å². The first-order valence-corrected chi connectivity index (χ1v) is 12.8. The van der Waals surface area contributed by atoms with Crippen molar-refractivity contribution in [3.63, 3.8) is 0 Å². The molecule has 174 valence electrons. The van der Waals surface area contributed by atoms with E-state index in [-0.39, 0.29) is 11.8 Å². The van der Waals surface area contributed by atoms with Crippen molar-refractivity contribution in [2.75, 3.05) is 31.9 Å². The molecule has 0 unspecified atom stereocenters. The van der Waals surface area contributed by atoms with Crippen LogP contribution in [-0.4, -0.2) is 68.3 Å². The van der Waals surface area contributed by atoms with E-state index in [4.69, 9.17) is 4.42 Å². The number of nitrogens with zero attached hydrogens (tertiary/aromatic N) is 5. The highest BCUT2D eigenvalue weighted by molar-refractivity contribution is 7.99. The lowest BCUT2D eigenvalue weighted by molar-refractivity contribution is -0.138. The third kappa shape index (κ3) is 5.54. The Morgan fingerprint density at radius 3 is 2.44 bits per heavy atom. The lowest BCUT2D eigenvalue weighted by atomic mass is 9.86. The quantitative estimate of drug-likeness (QED) is 0.560. The number of aromatic nitrogens is 3. The second kappa shape index (κ2) is 11.0. The van der Waals surface area contributed by atoms with Crippen LogP contribution in [0.2, 0.25) is 0 Å². The first-order chi connectivity index (χ1) is 15.7. The molecule has 0 radical (unpaired) electrons. The van der Waals surface area contributed by atoms with Crippen LogP contribution in [0.3, 0.4) is 0 Å². The molecule has 2 aromatic rings. The van der Waals surface area contributed by atoms with Crippen LogP contribution >= 0.6 is 11.8 Å². The molecule has 1 saturated carbocycles. The van der Waals surface area contributed by atoms with Crippen LogP contribution in [0.25, 0.3) is 11.6 Å². The average Bonchev–Trinajstić information content (AvgIpc) is 3.51. The minimum absolute atomic E-state index is 0.0782. The Labute approximate surface area is 193 Å². The molecule has 0 spiro atoms. The molecule has 1 saturated heterocycles. The van der Waals surface area contributed by atoms with Gasteiger partial charge in [-0.05, 0) is 31.4 Å². The van der Waals surface area contributed by atoms with Crippen LogP contribution in [0.1, 0.15) is 51.9 Å². The highest BCUT2D eigenvalue weighted by Crippen LogP contribution is 2.28. The van der Waals surface area contributed by atoms with Crippen LogP contribution in [-0.2, 0) is 16.1 Å². The molecule has 1 aliphatic carbocycles. The smallest absolute Gasteiger partial charge is 0.233 e. The summed E-state index contributed by atoms with van der Waals surface area (Å²) < 4.78 is 7.40. The Balaban J connectivity index is 1.21. The monoisotopic (exact) mass is 459 g/mol. The fraction of sp³-hybridized carbons (Fsp3) is 0.652. The number of hydrogen-bond acceptors (Lipinski definition) is 6. The zero-order valence-corrected chi connectivity index (χ0v) is 19.7. The number of thioether (sulfide) groups is 1. The molecule has 0 aromatic carbocycles. The molecular weight excluding hydrogens is 426 g/mol. The molecule has 32 heavy (non-hydrogen) atoms. The lowest BCUT2D eigenvalue weighted by Gasteiger charge is -2.35. The van der Waals surface area contributed by atoms with E-state index in [1.54, 1.807) is 6.26 Å².